The highest BCUT2D eigenvalue weighted by Crippen LogP contribution is 2.21. The van der Waals surface area contributed by atoms with Crippen LogP contribution in [0, 0.1) is 0 Å². The fourth-order valence-electron chi connectivity index (χ4n) is 2.36. The van der Waals surface area contributed by atoms with Crippen LogP contribution in [-0.4, -0.2) is 35.9 Å². The molecule has 0 spiro atoms. The summed E-state index contributed by atoms with van der Waals surface area (Å²) in [6.45, 7) is 0.814. The van der Waals surface area contributed by atoms with Gasteiger partial charge in [0, 0.05) is 6.54 Å². The average molecular weight is 277 g/mol. The van der Waals surface area contributed by atoms with Crippen LogP contribution in [0.1, 0.15) is 19.3 Å². The van der Waals surface area contributed by atoms with E-state index >= 15 is 0 Å². The molecule has 1 aromatic rings. The topological polar surface area (TPSA) is 98.7 Å². The van der Waals surface area contributed by atoms with Gasteiger partial charge in [0.15, 0.2) is 0 Å². The Morgan fingerprint density at radius 1 is 1.35 bits per heavy atom. The molecule has 0 saturated carbocycles. The molecule has 1 heterocycles. The zero-order valence-electron chi connectivity index (χ0n) is 11.2. The number of carbonyl (C=O) groups is 2. The van der Waals surface area contributed by atoms with Gasteiger partial charge in [-0.25, -0.2) is 0 Å². The summed E-state index contributed by atoms with van der Waals surface area (Å²) in [5.74, 6) is 0.0121. The van der Waals surface area contributed by atoms with Crippen molar-refractivity contribution in [2.45, 2.75) is 25.3 Å². The molecular formula is C14H19N3O3. The van der Waals surface area contributed by atoms with Crippen molar-refractivity contribution < 1.29 is 14.3 Å². The van der Waals surface area contributed by atoms with Gasteiger partial charge >= 0.3 is 0 Å². The zero-order valence-corrected chi connectivity index (χ0v) is 11.2. The highest BCUT2D eigenvalue weighted by molar-refractivity contribution is 5.87. The maximum Gasteiger partial charge on any atom is 0.240 e. The lowest BCUT2D eigenvalue weighted by atomic mass is 10.2. The van der Waals surface area contributed by atoms with Crippen LogP contribution < -0.4 is 16.2 Å². The lowest BCUT2D eigenvalue weighted by Gasteiger charge is -2.22. The second-order valence-corrected chi connectivity index (χ2v) is 4.78. The first-order chi connectivity index (χ1) is 9.59. The van der Waals surface area contributed by atoms with Gasteiger partial charge in [0.1, 0.15) is 11.8 Å². The zero-order chi connectivity index (χ0) is 14.5. The molecule has 6 heteroatoms. The fraction of sp³-hybridized carbons (Fsp3) is 0.429. The number of primary amides is 1. The molecule has 1 atom stereocenters. The normalized spacial score (nSPS) is 18.0. The van der Waals surface area contributed by atoms with Crippen LogP contribution in [0.15, 0.2) is 24.3 Å². The fourth-order valence-corrected chi connectivity index (χ4v) is 2.36. The molecular weight excluding hydrogens is 258 g/mol. The van der Waals surface area contributed by atoms with E-state index in [9.17, 15) is 9.59 Å². The van der Waals surface area contributed by atoms with E-state index in [-0.39, 0.29) is 18.9 Å². The molecule has 0 radical (unpaired) electrons. The maximum absolute atomic E-state index is 12.0. The van der Waals surface area contributed by atoms with Crippen molar-refractivity contribution in [3.05, 3.63) is 24.3 Å². The van der Waals surface area contributed by atoms with Crippen LogP contribution in [0.3, 0.4) is 0 Å². The molecule has 1 fully saturated rings. The van der Waals surface area contributed by atoms with Crippen molar-refractivity contribution in [3.63, 3.8) is 0 Å². The van der Waals surface area contributed by atoms with Gasteiger partial charge in [0.05, 0.1) is 18.7 Å². The predicted molar refractivity (Wildman–Crippen MR) is 74.9 cm³/mol. The SMILES string of the molecule is NC(=O)C1CCCN1C(=O)CCOc1ccccc1N. The molecule has 6 nitrogen and oxygen atoms in total. The van der Waals surface area contributed by atoms with Gasteiger partial charge in [-0.1, -0.05) is 12.1 Å². The Morgan fingerprint density at radius 3 is 2.80 bits per heavy atom. The monoisotopic (exact) mass is 277 g/mol. The number of hydrogen-bond donors (Lipinski definition) is 2. The Balaban J connectivity index is 1.84. The Bertz CT molecular complexity index is 504. The minimum atomic E-state index is -0.468. The second-order valence-electron chi connectivity index (χ2n) is 4.78. The molecule has 0 bridgehead atoms. The van der Waals surface area contributed by atoms with E-state index in [1.807, 2.05) is 12.1 Å². The summed E-state index contributed by atoms with van der Waals surface area (Å²) in [6, 6.07) is 6.65. The summed E-state index contributed by atoms with van der Waals surface area (Å²) in [4.78, 5) is 24.8. The lowest BCUT2D eigenvalue weighted by Crippen LogP contribution is -2.44. The van der Waals surface area contributed by atoms with Gasteiger partial charge in [-0.2, -0.15) is 0 Å². The second kappa shape index (κ2) is 6.27. The predicted octanol–water partition coefficient (Wildman–Crippen LogP) is 0.514. The summed E-state index contributed by atoms with van der Waals surface area (Å²) in [7, 11) is 0. The number of nitrogens with zero attached hydrogens (tertiary/aromatic N) is 1. The number of carbonyl (C=O) groups excluding carboxylic acids is 2. The molecule has 2 rings (SSSR count). The third-order valence-electron chi connectivity index (χ3n) is 3.39. The molecule has 1 aliphatic heterocycles. The van der Waals surface area contributed by atoms with E-state index in [4.69, 9.17) is 16.2 Å². The molecule has 0 aliphatic carbocycles. The molecule has 4 N–H and O–H groups in total. The smallest absolute Gasteiger partial charge is 0.240 e. The maximum atomic E-state index is 12.0. The molecule has 108 valence electrons. The summed E-state index contributed by atoms with van der Waals surface area (Å²) in [6.07, 6.45) is 1.66. The van der Waals surface area contributed by atoms with Crippen molar-refractivity contribution in [2.24, 2.45) is 5.73 Å². The number of nitrogens with two attached hydrogens (primary N) is 2. The van der Waals surface area contributed by atoms with Crippen LogP contribution in [-0.2, 0) is 9.59 Å². The van der Waals surface area contributed by atoms with E-state index in [1.54, 1.807) is 17.0 Å². The summed E-state index contributed by atoms with van der Waals surface area (Å²) >= 11 is 0. The van der Waals surface area contributed by atoms with Gasteiger partial charge in [-0.05, 0) is 25.0 Å². The van der Waals surface area contributed by atoms with Crippen LogP contribution in [0.5, 0.6) is 5.75 Å². The molecule has 0 aromatic heterocycles. The molecule has 1 saturated heterocycles. The molecule has 1 aromatic carbocycles. The van der Waals surface area contributed by atoms with Crippen LogP contribution in [0.25, 0.3) is 0 Å². The minimum Gasteiger partial charge on any atom is -0.491 e. The van der Waals surface area contributed by atoms with Gasteiger partial charge in [-0.3, -0.25) is 9.59 Å². The van der Waals surface area contributed by atoms with Crippen molar-refractivity contribution in [1.82, 2.24) is 4.90 Å². The number of rotatable bonds is 5. The number of anilines is 1. The first-order valence-electron chi connectivity index (χ1n) is 6.65. The Labute approximate surface area is 117 Å². The van der Waals surface area contributed by atoms with E-state index in [1.165, 1.54) is 0 Å². The number of likely N-dealkylation sites (tertiary alicyclic amines) is 1. The number of amides is 2. The third-order valence-corrected chi connectivity index (χ3v) is 3.39. The highest BCUT2D eigenvalue weighted by Gasteiger charge is 2.32. The van der Waals surface area contributed by atoms with E-state index in [0.717, 1.165) is 6.42 Å². The van der Waals surface area contributed by atoms with Gasteiger partial charge in [-0.15, -0.1) is 0 Å². The third kappa shape index (κ3) is 3.20. The summed E-state index contributed by atoms with van der Waals surface area (Å²) < 4.78 is 5.47. The number of nitrogen functional groups attached to an aromatic ring is 1. The molecule has 20 heavy (non-hydrogen) atoms. The average Bonchev–Trinajstić information content (AvgIpc) is 2.90. The molecule has 1 unspecified atom stereocenters. The summed E-state index contributed by atoms with van der Waals surface area (Å²) in [5.41, 5.74) is 11.6. The van der Waals surface area contributed by atoms with Gasteiger partial charge < -0.3 is 21.1 Å². The van der Waals surface area contributed by atoms with Crippen molar-refractivity contribution >= 4 is 17.5 Å². The number of para-hydroxylation sites is 2. The minimum absolute atomic E-state index is 0.110. The van der Waals surface area contributed by atoms with Crippen molar-refractivity contribution in [2.75, 3.05) is 18.9 Å². The van der Waals surface area contributed by atoms with E-state index in [2.05, 4.69) is 0 Å². The largest absolute Gasteiger partial charge is 0.491 e. The Morgan fingerprint density at radius 2 is 2.10 bits per heavy atom. The molecule has 1 aliphatic rings. The first-order valence-corrected chi connectivity index (χ1v) is 6.65. The quantitative estimate of drug-likeness (QED) is 0.766. The van der Waals surface area contributed by atoms with Gasteiger partial charge in [0.25, 0.3) is 0 Å². The highest BCUT2D eigenvalue weighted by atomic mass is 16.5. The van der Waals surface area contributed by atoms with Crippen LogP contribution in [0.4, 0.5) is 5.69 Å². The standard InChI is InChI=1S/C14H19N3O3/c15-10-4-1-2-6-12(10)20-9-7-13(18)17-8-3-5-11(17)14(16)19/h1-2,4,6,11H,3,5,7-9,15H2,(H2,16,19). The Hall–Kier alpha value is -2.24. The number of benzene rings is 1. The van der Waals surface area contributed by atoms with Gasteiger partial charge in [0.2, 0.25) is 11.8 Å². The summed E-state index contributed by atoms with van der Waals surface area (Å²) in [5, 5.41) is 0. The number of hydrogen-bond acceptors (Lipinski definition) is 4. The van der Waals surface area contributed by atoms with E-state index < -0.39 is 11.9 Å². The van der Waals surface area contributed by atoms with Crippen molar-refractivity contribution in [1.29, 1.82) is 0 Å². The number of ether oxygens (including phenoxy) is 1. The molecule has 2 amide bonds. The van der Waals surface area contributed by atoms with Crippen LogP contribution in [0.2, 0.25) is 0 Å². The Kier molecular flexibility index (Phi) is 4.45. The van der Waals surface area contributed by atoms with E-state index in [0.29, 0.717) is 24.4 Å². The first kappa shape index (κ1) is 14.2. The van der Waals surface area contributed by atoms with Crippen LogP contribution >= 0.6 is 0 Å². The lowest BCUT2D eigenvalue weighted by molar-refractivity contribution is -0.137. The van der Waals surface area contributed by atoms with Crippen molar-refractivity contribution in [3.8, 4) is 5.75 Å².